The second-order valence-corrected chi connectivity index (χ2v) is 7.79. The van der Waals surface area contributed by atoms with E-state index in [4.69, 9.17) is 16.3 Å². The van der Waals surface area contributed by atoms with E-state index in [2.05, 4.69) is 11.4 Å². The molecule has 0 atom stereocenters. The van der Waals surface area contributed by atoms with Crippen molar-refractivity contribution in [2.24, 2.45) is 0 Å². The molecule has 1 amide bonds. The zero-order chi connectivity index (χ0) is 24.0. The van der Waals surface area contributed by atoms with Gasteiger partial charge in [-0.05, 0) is 55.8 Å². The van der Waals surface area contributed by atoms with Crippen LogP contribution < -0.4 is 5.32 Å². The van der Waals surface area contributed by atoms with Gasteiger partial charge in [0.25, 0.3) is 5.91 Å². The highest BCUT2D eigenvalue weighted by Crippen LogP contribution is 2.29. The lowest BCUT2D eigenvalue weighted by Gasteiger charge is -2.13. The van der Waals surface area contributed by atoms with Gasteiger partial charge < -0.3 is 10.1 Å². The normalized spacial score (nSPS) is 10.4. The van der Waals surface area contributed by atoms with Crippen LogP contribution in [-0.2, 0) is 14.3 Å². The molecule has 0 unspecified atom stereocenters. The summed E-state index contributed by atoms with van der Waals surface area (Å²) >= 11 is 5.80. The number of nitrogens with zero attached hydrogens (tertiary/aromatic N) is 2. The second kappa shape index (κ2) is 10.6. The highest BCUT2D eigenvalue weighted by atomic mass is 35.5. The number of ketones is 1. The first kappa shape index (κ1) is 23.8. The number of carbonyl (C=O) groups excluding carboxylic acids is 3. The van der Waals surface area contributed by atoms with Crippen LogP contribution >= 0.6 is 11.6 Å². The Morgan fingerprint density at radius 2 is 1.70 bits per heavy atom. The minimum Gasteiger partial charge on any atom is -0.456 e. The standard InChI is InChI=1S/C25H22ClN3O4/c1-16-17(2)29(20-6-4-3-5-7-20)25(21(16)14-27)28-23(31)15-33-24(32)13-12-22(30)18-8-10-19(26)11-9-18/h3-11H,12-13,15H2,1-2H3,(H,28,31). The van der Waals surface area contributed by atoms with Crippen molar-refractivity contribution in [2.75, 3.05) is 11.9 Å². The predicted octanol–water partition coefficient (Wildman–Crippen LogP) is 4.76. The summed E-state index contributed by atoms with van der Waals surface area (Å²) in [6, 6.07) is 17.8. The number of anilines is 1. The minimum absolute atomic E-state index is 0.0457. The molecule has 0 bridgehead atoms. The van der Waals surface area contributed by atoms with E-state index >= 15 is 0 Å². The second-order valence-electron chi connectivity index (χ2n) is 7.36. The predicted molar refractivity (Wildman–Crippen MR) is 125 cm³/mol. The average Bonchev–Trinajstić information content (AvgIpc) is 3.05. The number of ether oxygens (including phenoxy) is 1. The number of hydrogen-bond acceptors (Lipinski definition) is 5. The van der Waals surface area contributed by atoms with E-state index in [9.17, 15) is 19.6 Å². The molecule has 7 nitrogen and oxygen atoms in total. The number of aromatic nitrogens is 1. The van der Waals surface area contributed by atoms with Gasteiger partial charge in [0.05, 0.1) is 12.0 Å². The van der Waals surface area contributed by atoms with Gasteiger partial charge >= 0.3 is 5.97 Å². The number of para-hydroxylation sites is 1. The van der Waals surface area contributed by atoms with Gasteiger partial charge in [0.2, 0.25) is 0 Å². The molecule has 1 N–H and O–H groups in total. The SMILES string of the molecule is Cc1c(C#N)c(NC(=O)COC(=O)CCC(=O)c2ccc(Cl)cc2)n(-c2ccccc2)c1C. The van der Waals surface area contributed by atoms with E-state index in [0.717, 1.165) is 16.9 Å². The number of amides is 1. The summed E-state index contributed by atoms with van der Waals surface area (Å²) < 4.78 is 6.80. The van der Waals surface area contributed by atoms with Crippen molar-refractivity contribution in [3.63, 3.8) is 0 Å². The van der Waals surface area contributed by atoms with Gasteiger partial charge in [0, 0.05) is 28.4 Å². The Bertz CT molecular complexity index is 1230. The lowest BCUT2D eigenvalue weighted by molar-refractivity contribution is -0.147. The Labute approximate surface area is 196 Å². The third kappa shape index (κ3) is 5.68. The molecular formula is C25H22ClN3O4. The lowest BCUT2D eigenvalue weighted by atomic mass is 10.1. The largest absolute Gasteiger partial charge is 0.456 e. The number of nitriles is 1. The van der Waals surface area contributed by atoms with E-state index in [1.54, 1.807) is 35.8 Å². The summed E-state index contributed by atoms with van der Waals surface area (Å²) in [7, 11) is 0. The van der Waals surface area contributed by atoms with Gasteiger partial charge in [0.15, 0.2) is 12.4 Å². The summed E-state index contributed by atoms with van der Waals surface area (Å²) in [6.45, 7) is 3.13. The molecule has 8 heteroatoms. The van der Waals surface area contributed by atoms with Crippen LogP contribution in [0.1, 0.15) is 40.0 Å². The molecule has 3 rings (SSSR count). The molecule has 1 aromatic heterocycles. The summed E-state index contributed by atoms with van der Waals surface area (Å²) in [5, 5.41) is 12.8. The van der Waals surface area contributed by atoms with Crippen molar-refractivity contribution in [1.82, 2.24) is 4.57 Å². The molecule has 0 radical (unpaired) electrons. The fourth-order valence-electron chi connectivity index (χ4n) is 3.34. The molecule has 2 aromatic carbocycles. The molecule has 0 saturated carbocycles. The van der Waals surface area contributed by atoms with Crippen LogP contribution in [0.2, 0.25) is 5.02 Å². The van der Waals surface area contributed by atoms with Crippen molar-refractivity contribution in [3.8, 4) is 11.8 Å². The fraction of sp³-hybridized carbons (Fsp3) is 0.200. The Hall–Kier alpha value is -3.89. The number of Topliss-reactive ketones (excluding diaryl/α,β-unsaturated/α-hetero) is 1. The van der Waals surface area contributed by atoms with Crippen LogP contribution in [0, 0.1) is 25.2 Å². The monoisotopic (exact) mass is 463 g/mol. The number of rotatable bonds is 8. The van der Waals surface area contributed by atoms with Crippen LogP contribution in [-0.4, -0.2) is 28.8 Å². The molecule has 0 fully saturated rings. The van der Waals surface area contributed by atoms with Crippen LogP contribution in [0.3, 0.4) is 0 Å². The fourth-order valence-corrected chi connectivity index (χ4v) is 3.47. The Kier molecular flexibility index (Phi) is 7.65. The first-order valence-electron chi connectivity index (χ1n) is 10.2. The molecule has 168 valence electrons. The number of hydrogen-bond donors (Lipinski definition) is 1. The van der Waals surface area contributed by atoms with Gasteiger partial charge in [-0.25, -0.2) is 0 Å². The first-order valence-corrected chi connectivity index (χ1v) is 10.6. The van der Waals surface area contributed by atoms with Crippen LogP contribution in [0.25, 0.3) is 5.69 Å². The van der Waals surface area contributed by atoms with E-state index in [1.807, 2.05) is 37.3 Å². The first-order chi connectivity index (χ1) is 15.8. The van der Waals surface area contributed by atoms with Crippen molar-refractivity contribution in [2.45, 2.75) is 26.7 Å². The summed E-state index contributed by atoms with van der Waals surface area (Å²) in [5.41, 5.74) is 3.12. The van der Waals surface area contributed by atoms with E-state index in [-0.39, 0.29) is 18.6 Å². The summed E-state index contributed by atoms with van der Waals surface area (Å²) in [4.78, 5) is 36.7. The minimum atomic E-state index is -0.668. The highest BCUT2D eigenvalue weighted by molar-refractivity contribution is 6.30. The molecule has 3 aromatic rings. The van der Waals surface area contributed by atoms with Gasteiger partial charge in [-0.2, -0.15) is 5.26 Å². The van der Waals surface area contributed by atoms with Crippen molar-refractivity contribution in [3.05, 3.63) is 82.0 Å². The molecule has 0 saturated heterocycles. The summed E-state index contributed by atoms with van der Waals surface area (Å²) in [5.74, 6) is -1.16. The van der Waals surface area contributed by atoms with Crippen LogP contribution in [0.4, 0.5) is 5.82 Å². The third-order valence-electron chi connectivity index (χ3n) is 5.18. The van der Waals surface area contributed by atoms with Crippen LogP contribution in [0.5, 0.6) is 0 Å². The van der Waals surface area contributed by atoms with E-state index in [0.29, 0.717) is 22.0 Å². The maximum atomic E-state index is 12.5. The van der Waals surface area contributed by atoms with Crippen LogP contribution in [0.15, 0.2) is 54.6 Å². The number of halogens is 1. The van der Waals surface area contributed by atoms with Crippen molar-refractivity contribution in [1.29, 1.82) is 5.26 Å². The molecule has 1 heterocycles. The smallest absolute Gasteiger partial charge is 0.306 e. The third-order valence-corrected chi connectivity index (χ3v) is 5.44. The van der Waals surface area contributed by atoms with E-state index < -0.39 is 18.5 Å². The maximum absolute atomic E-state index is 12.5. The van der Waals surface area contributed by atoms with Gasteiger partial charge in [-0.1, -0.05) is 29.8 Å². The molecule has 0 aliphatic heterocycles. The van der Waals surface area contributed by atoms with Crippen molar-refractivity contribution < 1.29 is 19.1 Å². The Morgan fingerprint density at radius 3 is 2.33 bits per heavy atom. The molecule has 0 spiro atoms. The molecule has 0 aliphatic rings. The molecular weight excluding hydrogens is 442 g/mol. The number of esters is 1. The molecule has 33 heavy (non-hydrogen) atoms. The Balaban J connectivity index is 1.61. The highest BCUT2D eigenvalue weighted by Gasteiger charge is 2.21. The zero-order valence-corrected chi connectivity index (χ0v) is 19.0. The van der Waals surface area contributed by atoms with E-state index in [1.165, 1.54) is 0 Å². The maximum Gasteiger partial charge on any atom is 0.306 e. The summed E-state index contributed by atoms with van der Waals surface area (Å²) in [6.07, 6.45) is -0.202. The number of nitrogens with one attached hydrogen (secondary N) is 1. The Morgan fingerprint density at radius 1 is 1.03 bits per heavy atom. The topological polar surface area (TPSA) is 101 Å². The van der Waals surface area contributed by atoms with Gasteiger partial charge in [0.1, 0.15) is 11.9 Å². The van der Waals surface area contributed by atoms with Gasteiger partial charge in [-0.15, -0.1) is 0 Å². The number of benzene rings is 2. The lowest BCUT2D eigenvalue weighted by Crippen LogP contribution is -2.23. The quantitative estimate of drug-likeness (QED) is 0.383. The molecule has 0 aliphatic carbocycles. The van der Waals surface area contributed by atoms with Crippen molar-refractivity contribution >= 4 is 35.1 Å². The van der Waals surface area contributed by atoms with Gasteiger partial charge in [-0.3, -0.25) is 19.0 Å². The number of carbonyl (C=O) groups is 3. The zero-order valence-electron chi connectivity index (χ0n) is 18.2. The average molecular weight is 464 g/mol.